The summed E-state index contributed by atoms with van der Waals surface area (Å²) in [6.07, 6.45) is 1.15. The molecular formula is C18H24N2S. The summed E-state index contributed by atoms with van der Waals surface area (Å²) in [7, 11) is 0. The van der Waals surface area contributed by atoms with E-state index in [1.54, 1.807) is 0 Å². The van der Waals surface area contributed by atoms with Crippen LogP contribution in [0.4, 0.5) is 0 Å². The van der Waals surface area contributed by atoms with Gasteiger partial charge in [0, 0.05) is 41.5 Å². The van der Waals surface area contributed by atoms with Gasteiger partial charge < -0.3 is 5.32 Å². The Morgan fingerprint density at radius 1 is 1.24 bits per heavy atom. The molecule has 0 spiro atoms. The number of benzene rings is 1. The molecule has 112 valence electrons. The van der Waals surface area contributed by atoms with E-state index in [0.29, 0.717) is 12.1 Å². The maximum atomic E-state index is 3.55. The monoisotopic (exact) mass is 300 g/mol. The summed E-state index contributed by atoms with van der Waals surface area (Å²) in [5.74, 6) is 0. The van der Waals surface area contributed by atoms with Gasteiger partial charge in [0.05, 0.1) is 0 Å². The lowest BCUT2D eigenvalue weighted by atomic mass is 10.00. The number of rotatable bonds is 4. The maximum absolute atomic E-state index is 3.55. The first-order valence-corrected chi connectivity index (χ1v) is 8.62. The van der Waals surface area contributed by atoms with Crippen molar-refractivity contribution in [3.05, 3.63) is 57.8 Å². The highest BCUT2D eigenvalue weighted by molar-refractivity contribution is 7.11. The van der Waals surface area contributed by atoms with E-state index in [0.717, 1.165) is 26.1 Å². The fraction of sp³-hybridized carbons (Fsp3) is 0.444. The summed E-state index contributed by atoms with van der Waals surface area (Å²) in [6.45, 7) is 7.84. The number of hydrogen-bond acceptors (Lipinski definition) is 3. The van der Waals surface area contributed by atoms with Gasteiger partial charge in [0.2, 0.25) is 0 Å². The highest BCUT2D eigenvalue weighted by Crippen LogP contribution is 2.27. The van der Waals surface area contributed by atoms with Crippen molar-refractivity contribution in [2.75, 3.05) is 19.6 Å². The van der Waals surface area contributed by atoms with Gasteiger partial charge in [0.25, 0.3) is 0 Å². The first kappa shape index (κ1) is 14.8. The van der Waals surface area contributed by atoms with Crippen LogP contribution in [-0.2, 0) is 6.42 Å². The molecule has 3 rings (SSSR count). The van der Waals surface area contributed by atoms with E-state index in [1.807, 2.05) is 11.3 Å². The Labute approximate surface area is 131 Å². The van der Waals surface area contributed by atoms with Gasteiger partial charge in [0.1, 0.15) is 0 Å². The van der Waals surface area contributed by atoms with Gasteiger partial charge in [-0.1, -0.05) is 30.3 Å². The molecule has 1 N–H and O–H groups in total. The zero-order valence-electron chi connectivity index (χ0n) is 12.9. The van der Waals surface area contributed by atoms with Crippen molar-refractivity contribution in [1.82, 2.24) is 10.2 Å². The Morgan fingerprint density at radius 3 is 2.76 bits per heavy atom. The molecule has 0 bridgehead atoms. The van der Waals surface area contributed by atoms with Crippen LogP contribution in [-0.4, -0.2) is 30.6 Å². The quantitative estimate of drug-likeness (QED) is 0.927. The van der Waals surface area contributed by atoms with Crippen LogP contribution in [0.25, 0.3) is 0 Å². The maximum Gasteiger partial charge on any atom is 0.0476 e. The van der Waals surface area contributed by atoms with E-state index in [2.05, 4.69) is 66.5 Å². The Hall–Kier alpha value is -1.16. The van der Waals surface area contributed by atoms with Crippen LogP contribution in [0.1, 0.15) is 28.3 Å². The second-order valence-electron chi connectivity index (χ2n) is 5.93. The molecule has 1 aromatic heterocycles. The second kappa shape index (κ2) is 6.73. The van der Waals surface area contributed by atoms with Crippen molar-refractivity contribution in [3.63, 3.8) is 0 Å². The fourth-order valence-corrected chi connectivity index (χ4v) is 4.25. The van der Waals surface area contributed by atoms with Crippen LogP contribution in [0, 0.1) is 6.92 Å². The predicted octanol–water partition coefficient (Wildman–Crippen LogP) is 3.63. The molecule has 21 heavy (non-hydrogen) atoms. The molecule has 0 radical (unpaired) electrons. The van der Waals surface area contributed by atoms with Gasteiger partial charge in [-0.15, -0.1) is 11.3 Å². The molecule has 0 saturated carbocycles. The van der Waals surface area contributed by atoms with E-state index in [4.69, 9.17) is 0 Å². The third kappa shape index (κ3) is 3.54. The number of nitrogens with one attached hydrogen (secondary N) is 1. The fourth-order valence-electron chi connectivity index (χ4n) is 3.24. The zero-order chi connectivity index (χ0) is 14.7. The minimum atomic E-state index is 0.496. The third-order valence-electron chi connectivity index (χ3n) is 4.33. The summed E-state index contributed by atoms with van der Waals surface area (Å²) >= 11 is 1.93. The lowest BCUT2D eigenvalue weighted by molar-refractivity contribution is 0.115. The van der Waals surface area contributed by atoms with E-state index in [9.17, 15) is 0 Å². The predicted molar refractivity (Wildman–Crippen MR) is 91.0 cm³/mol. The molecule has 2 heterocycles. The SMILES string of the molecule is Cc1ccc(CC(C)N2CCNCC2c2ccccc2)s1. The average molecular weight is 300 g/mol. The normalized spacial score (nSPS) is 21.3. The zero-order valence-corrected chi connectivity index (χ0v) is 13.7. The van der Waals surface area contributed by atoms with Crippen LogP contribution in [0.5, 0.6) is 0 Å². The highest BCUT2D eigenvalue weighted by Gasteiger charge is 2.27. The first-order chi connectivity index (χ1) is 10.2. The second-order valence-corrected chi connectivity index (χ2v) is 7.31. The number of nitrogens with zero attached hydrogens (tertiary/aromatic N) is 1. The lowest BCUT2D eigenvalue weighted by Gasteiger charge is -2.40. The number of thiophene rings is 1. The Morgan fingerprint density at radius 2 is 2.05 bits per heavy atom. The number of piperazine rings is 1. The summed E-state index contributed by atoms with van der Waals surface area (Å²) in [6, 6.07) is 16.5. The van der Waals surface area contributed by atoms with Gasteiger partial charge in [-0.25, -0.2) is 0 Å². The standard InChI is InChI=1S/C18H24N2S/c1-14(12-17-9-8-15(2)21-17)20-11-10-19-13-18(20)16-6-4-3-5-7-16/h3-9,14,18-19H,10-13H2,1-2H3. The Bertz CT molecular complexity index is 564. The molecule has 2 atom stereocenters. The van der Waals surface area contributed by atoms with Crippen molar-refractivity contribution in [2.24, 2.45) is 0 Å². The molecule has 2 aromatic rings. The summed E-state index contributed by atoms with van der Waals surface area (Å²) in [5, 5.41) is 3.55. The summed E-state index contributed by atoms with van der Waals surface area (Å²) in [4.78, 5) is 5.59. The molecule has 2 nitrogen and oxygen atoms in total. The van der Waals surface area contributed by atoms with Crippen LogP contribution in [0.3, 0.4) is 0 Å². The molecule has 1 aliphatic rings. The van der Waals surface area contributed by atoms with Crippen LogP contribution < -0.4 is 5.32 Å². The Balaban J connectivity index is 1.74. The summed E-state index contributed by atoms with van der Waals surface area (Å²) in [5.41, 5.74) is 1.43. The molecule has 1 aromatic carbocycles. The van der Waals surface area contributed by atoms with Crippen LogP contribution in [0.2, 0.25) is 0 Å². The lowest BCUT2D eigenvalue weighted by Crippen LogP contribution is -2.50. The number of aryl methyl sites for hydroxylation is 1. The van der Waals surface area contributed by atoms with Crippen LogP contribution in [0.15, 0.2) is 42.5 Å². The Kier molecular flexibility index (Phi) is 4.73. The van der Waals surface area contributed by atoms with E-state index in [1.165, 1.54) is 15.3 Å². The molecule has 0 aliphatic carbocycles. The average Bonchev–Trinajstić information content (AvgIpc) is 2.93. The van der Waals surface area contributed by atoms with Gasteiger partial charge in [-0.3, -0.25) is 4.90 Å². The van der Waals surface area contributed by atoms with Crippen molar-refractivity contribution in [2.45, 2.75) is 32.4 Å². The molecule has 1 saturated heterocycles. The van der Waals surface area contributed by atoms with E-state index < -0.39 is 0 Å². The van der Waals surface area contributed by atoms with Crippen molar-refractivity contribution < 1.29 is 0 Å². The smallest absolute Gasteiger partial charge is 0.0476 e. The third-order valence-corrected chi connectivity index (χ3v) is 5.35. The summed E-state index contributed by atoms with van der Waals surface area (Å²) < 4.78 is 0. The van der Waals surface area contributed by atoms with Gasteiger partial charge in [-0.2, -0.15) is 0 Å². The molecule has 1 fully saturated rings. The van der Waals surface area contributed by atoms with Gasteiger partial charge in [-0.05, 0) is 38.0 Å². The molecule has 1 aliphatic heterocycles. The van der Waals surface area contributed by atoms with Crippen molar-refractivity contribution in [3.8, 4) is 0 Å². The van der Waals surface area contributed by atoms with Gasteiger partial charge in [0.15, 0.2) is 0 Å². The molecule has 0 amide bonds. The molecular weight excluding hydrogens is 276 g/mol. The topological polar surface area (TPSA) is 15.3 Å². The molecule has 3 heteroatoms. The highest BCUT2D eigenvalue weighted by atomic mass is 32.1. The van der Waals surface area contributed by atoms with Gasteiger partial charge >= 0.3 is 0 Å². The largest absolute Gasteiger partial charge is 0.314 e. The number of hydrogen-bond donors (Lipinski definition) is 1. The van der Waals surface area contributed by atoms with E-state index in [-0.39, 0.29) is 0 Å². The van der Waals surface area contributed by atoms with Crippen LogP contribution >= 0.6 is 11.3 Å². The molecule has 2 unspecified atom stereocenters. The minimum absolute atomic E-state index is 0.496. The minimum Gasteiger partial charge on any atom is -0.314 e. The first-order valence-electron chi connectivity index (χ1n) is 7.81. The van der Waals surface area contributed by atoms with Crippen molar-refractivity contribution in [1.29, 1.82) is 0 Å². The van der Waals surface area contributed by atoms with Crippen molar-refractivity contribution >= 4 is 11.3 Å². The van der Waals surface area contributed by atoms with E-state index >= 15 is 0 Å².